The van der Waals surface area contributed by atoms with Crippen LogP contribution in [0.2, 0.25) is 0 Å². The van der Waals surface area contributed by atoms with Gasteiger partial charge in [0.25, 0.3) is 5.91 Å². The van der Waals surface area contributed by atoms with Crippen LogP contribution in [0.4, 0.5) is 0 Å². The maximum atomic E-state index is 13.0. The normalized spacial score (nSPS) is 11.8. The van der Waals surface area contributed by atoms with E-state index >= 15 is 0 Å². The summed E-state index contributed by atoms with van der Waals surface area (Å²) >= 11 is 3.42. The fraction of sp³-hybridized carbons (Fsp3) is 0.238. The van der Waals surface area contributed by atoms with Crippen molar-refractivity contribution in [3.05, 3.63) is 63.8 Å². The van der Waals surface area contributed by atoms with Crippen LogP contribution >= 0.6 is 15.9 Å². The number of carbonyl (C=O) groups excluding carboxylic acids is 1. The van der Waals surface area contributed by atoms with E-state index in [-0.39, 0.29) is 11.9 Å². The fourth-order valence-electron chi connectivity index (χ4n) is 2.88. The Hall–Kier alpha value is -2.80. The van der Waals surface area contributed by atoms with Crippen molar-refractivity contribution in [1.29, 1.82) is 0 Å². The molecular weight excluding hydrogens is 424 g/mol. The van der Waals surface area contributed by atoms with Crippen molar-refractivity contribution in [3.63, 3.8) is 0 Å². The molecule has 0 saturated carbocycles. The van der Waals surface area contributed by atoms with E-state index in [0.717, 1.165) is 10.0 Å². The Bertz CT molecular complexity index is 960. The van der Waals surface area contributed by atoms with Crippen LogP contribution in [-0.2, 0) is 0 Å². The first-order chi connectivity index (χ1) is 13.4. The van der Waals surface area contributed by atoms with E-state index in [1.165, 1.54) is 0 Å². The Morgan fingerprint density at radius 1 is 1.11 bits per heavy atom. The summed E-state index contributed by atoms with van der Waals surface area (Å²) in [6, 6.07) is 12.9. The van der Waals surface area contributed by atoms with Crippen LogP contribution in [0.25, 0.3) is 11.3 Å². The number of amides is 1. The van der Waals surface area contributed by atoms with Gasteiger partial charge in [0.15, 0.2) is 5.76 Å². The van der Waals surface area contributed by atoms with E-state index in [4.69, 9.17) is 14.0 Å². The minimum atomic E-state index is -0.258. The Labute approximate surface area is 172 Å². The summed E-state index contributed by atoms with van der Waals surface area (Å²) in [6.07, 6.45) is 0. The standard InChI is InChI=1S/C21H21BrN2O4/c1-12(14-5-7-16(22)8-6-14)23-21(25)19-13(2)24-28-20(19)15-9-17(26-3)11-18(10-15)27-4/h5-12H,1-4H3,(H,23,25). The van der Waals surface area contributed by atoms with Gasteiger partial charge in [-0.2, -0.15) is 0 Å². The highest BCUT2D eigenvalue weighted by Crippen LogP contribution is 2.33. The van der Waals surface area contributed by atoms with Gasteiger partial charge in [0.2, 0.25) is 0 Å². The molecule has 6 nitrogen and oxygen atoms in total. The van der Waals surface area contributed by atoms with Crippen molar-refractivity contribution in [2.75, 3.05) is 14.2 Å². The number of methoxy groups -OCH3 is 2. The second-order valence-electron chi connectivity index (χ2n) is 6.32. The van der Waals surface area contributed by atoms with Gasteiger partial charge in [0.05, 0.1) is 26.0 Å². The minimum Gasteiger partial charge on any atom is -0.497 e. The summed E-state index contributed by atoms with van der Waals surface area (Å²) in [7, 11) is 3.13. The van der Waals surface area contributed by atoms with Gasteiger partial charge in [-0.05, 0) is 43.7 Å². The molecule has 0 aliphatic heterocycles. The third kappa shape index (κ3) is 4.20. The first-order valence-corrected chi connectivity index (χ1v) is 9.48. The maximum Gasteiger partial charge on any atom is 0.257 e. The molecule has 1 amide bonds. The lowest BCUT2D eigenvalue weighted by molar-refractivity contribution is 0.0939. The van der Waals surface area contributed by atoms with Gasteiger partial charge in [0, 0.05) is 16.1 Å². The first-order valence-electron chi connectivity index (χ1n) is 8.69. The van der Waals surface area contributed by atoms with Gasteiger partial charge < -0.3 is 19.3 Å². The van der Waals surface area contributed by atoms with E-state index < -0.39 is 0 Å². The molecule has 0 aliphatic rings. The van der Waals surface area contributed by atoms with Crippen LogP contribution < -0.4 is 14.8 Å². The zero-order valence-corrected chi connectivity index (χ0v) is 17.7. The quantitative estimate of drug-likeness (QED) is 0.583. The molecule has 3 aromatic rings. The predicted octanol–water partition coefficient (Wildman–Crippen LogP) is 4.92. The van der Waals surface area contributed by atoms with Crippen LogP contribution in [0.5, 0.6) is 11.5 Å². The second-order valence-corrected chi connectivity index (χ2v) is 7.24. The molecule has 1 heterocycles. The monoisotopic (exact) mass is 444 g/mol. The molecule has 28 heavy (non-hydrogen) atoms. The number of nitrogens with zero attached hydrogens (tertiary/aromatic N) is 1. The molecule has 0 saturated heterocycles. The van der Waals surface area contributed by atoms with Gasteiger partial charge in [-0.25, -0.2) is 0 Å². The van der Waals surface area contributed by atoms with Crippen molar-refractivity contribution in [2.45, 2.75) is 19.9 Å². The number of ether oxygens (including phenoxy) is 2. The molecule has 0 bridgehead atoms. The third-order valence-electron chi connectivity index (χ3n) is 4.42. The van der Waals surface area contributed by atoms with Crippen molar-refractivity contribution in [1.82, 2.24) is 10.5 Å². The van der Waals surface area contributed by atoms with Gasteiger partial charge >= 0.3 is 0 Å². The van der Waals surface area contributed by atoms with E-state index in [0.29, 0.717) is 34.1 Å². The molecule has 7 heteroatoms. The molecule has 0 fully saturated rings. The Balaban J connectivity index is 1.92. The smallest absolute Gasteiger partial charge is 0.257 e. The first kappa shape index (κ1) is 19.9. The number of halogens is 1. The third-order valence-corrected chi connectivity index (χ3v) is 4.95. The molecule has 0 aliphatic carbocycles. The predicted molar refractivity (Wildman–Crippen MR) is 110 cm³/mol. The average molecular weight is 445 g/mol. The lowest BCUT2D eigenvalue weighted by Crippen LogP contribution is -2.27. The highest BCUT2D eigenvalue weighted by atomic mass is 79.9. The number of aromatic nitrogens is 1. The molecule has 2 aromatic carbocycles. The van der Waals surface area contributed by atoms with Crippen molar-refractivity contribution >= 4 is 21.8 Å². The lowest BCUT2D eigenvalue weighted by atomic mass is 10.0. The molecule has 3 rings (SSSR count). The summed E-state index contributed by atoms with van der Waals surface area (Å²) in [5.41, 5.74) is 2.55. The van der Waals surface area contributed by atoms with E-state index in [1.54, 1.807) is 39.3 Å². The molecule has 0 radical (unpaired) electrons. The van der Waals surface area contributed by atoms with Crippen LogP contribution in [-0.4, -0.2) is 25.3 Å². The fourth-order valence-corrected chi connectivity index (χ4v) is 3.14. The largest absolute Gasteiger partial charge is 0.497 e. The van der Waals surface area contributed by atoms with Crippen molar-refractivity contribution < 1.29 is 18.8 Å². The number of nitrogens with one attached hydrogen (secondary N) is 1. The van der Waals surface area contributed by atoms with Crippen LogP contribution in [0, 0.1) is 6.92 Å². The number of rotatable bonds is 6. The zero-order chi connectivity index (χ0) is 20.3. The van der Waals surface area contributed by atoms with E-state index in [9.17, 15) is 4.79 Å². The number of carbonyl (C=O) groups is 1. The number of aryl methyl sites for hydroxylation is 1. The van der Waals surface area contributed by atoms with E-state index in [2.05, 4.69) is 26.4 Å². The van der Waals surface area contributed by atoms with Crippen LogP contribution in [0.3, 0.4) is 0 Å². The molecule has 146 valence electrons. The summed E-state index contributed by atoms with van der Waals surface area (Å²) in [6.45, 7) is 3.67. The molecular formula is C21H21BrN2O4. The van der Waals surface area contributed by atoms with Crippen molar-refractivity contribution in [3.8, 4) is 22.8 Å². The zero-order valence-electron chi connectivity index (χ0n) is 16.1. The Kier molecular flexibility index (Phi) is 6.04. The second kappa shape index (κ2) is 8.48. The molecule has 1 N–H and O–H groups in total. The summed E-state index contributed by atoms with van der Waals surface area (Å²) < 4.78 is 17.1. The number of benzene rings is 2. The molecule has 1 aromatic heterocycles. The van der Waals surface area contributed by atoms with Gasteiger partial charge in [-0.3, -0.25) is 4.79 Å². The Morgan fingerprint density at radius 3 is 2.29 bits per heavy atom. The van der Waals surface area contributed by atoms with Gasteiger partial charge in [0.1, 0.15) is 17.1 Å². The number of hydrogen-bond acceptors (Lipinski definition) is 5. The molecule has 1 atom stereocenters. The topological polar surface area (TPSA) is 73.6 Å². The van der Waals surface area contributed by atoms with E-state index in [1.807, 2.05) is 31.2 Å². The SMILES string of the molecule is COc1cc(OC)cc(-c2onc(C)c2C(=O)NC(C)c2ccc(Br)cc2)c1. The molecule has 1 unspecified atom stereocenters. The average Bonchev–Trinajstić information content (AvgIpc) is 3.09. The summed E-state index contributed by atoms with van der Waals surface area (Å²) in [5.74, 6) is 1.30. The lowest BCUT2D eigenvalue weighted by Gasteiger charge is -2.15. The molecule has 0 spiro atoms. The minimum absolute atomic E-state index is 0.178. The Morgan fingerprint density at radius 2 is 1.71 bits per heavy atom. The van der Waals surface area contributed by atoms with Gasteiger partial charge in [-0.1, -0.05) is 33.2 Å². The van der Waals surface area contributed by atoms with Crippen molar-refractivity contribution in [2.24, 2.45) is 0 Å². The summed E-state index contributed by atoms with van der Waals surface area (Å²) in [4.78, 5) is 13.0. The highest BCUT2D eigenvalue weighted by molar-refractivity contribution is 9.10. The van der Waals surface area contributed by atoms with Crippen LogP contribution in [0.15, 0.2) is 51.5 Å². The maximum absolute atomic E-state index is 13.0. The number of hydrogen-bond donors (Lipinski definition) is 1. The highest BCUT2D eigenvalue weighted by Gasteiger charge is 2.24. The van der Waals surface area contributed by atoms with Gasteiger partial charge in [-0.15, -0.1) is 0 Å². The summed E-state index contributed by atoms with van der Waals surface area (Å²) in [5, 5.41) is 7.00. The van der Waals surface area contributed by atoms with Crippen LogP contribution in [0.1, 0.15) is 34.6 Å².